The van der Waals surface area contributed by atoms with Gasteiger partial charge < -0.3 is 9.80 Å². The molecule has 2 aromatic rings. The summed E-state index contributed by atoms with van der Waals surface area (Å²) in [7, 11) is 0. The molecule has 25 heavy (non-hydrogen) atoms. The Kier molecular flexibility index (Phi) is 5.19. The van der Waals surface area contributed by atoms with Gasteiger partial charge in [-0.15, -0.1) is 0 Å². The molecule has 6 nitrogen and oxygen atoms in total. The Morgan fingerprint density at radius 2 is 1.76 bits per heavy atom. The second-order valence-electron chi connectivity index (χ2n) is 5.95. The minimum Gasteiger partial charge on any atom is -0.368 e. The Balaban J connectivity index is 1.55. The van der Waals surface area contributed by atoms with E-state index in [1.807, 2.05) is 29.2 Å². The summed E-state index contributed by atoms with van der Waals surface area (Å²) in [5, 5.41) is 11.4. The number of amides is 1. The van der Waals surface area contributed by atoms with Crippen molar-refractivity contribution in [1.29, 1.82) is 0 Å². The van der Waals surface area contributed by atoms with Crippen molar-refractivity contribution < 1.29 is 9.72 Å². The van der Waals surface area contributed by atoms with Crippen LogP contribution in [0.5, 0.6) is 0 Å². The first-order valence-electron chi connectivity index (χ1n) is 8.04. The molecule has 130 valence electrons. The van der Waals surface area contributed by atoms with E-state index >= 15 is 0 Å². The number of carbonyl (C=O) groups is 1. The Hall–Kier alpha value is -2.60. The summed E-state index contributed by atoms with van der Waals surface area (Å²) in [5.41, 5.74) is 1.88. The van der Waals surface area contributed by atoms with Crippen LogP contribution < -0.4 is 4.90 Å². The number of non-ortho nitro benzene ring substituents is 1. The Labute approximate surface area is 150 Å². The number of halogens is 1. The fourth-order valence-corrected chi connectivity index (χ4v) is 3.09. The van der Waals surface area contributed by atoms with Crippen molar-refractivity contribution in [3.63, 3.8) is 0 Å². The molecule has 1 amide bonds. The van der Waals surface area contributed by atoms with E-state index in [-0.39, 0.29) is 18.0 Å². The predicted molar refractivity (Wildman–Crippen MR) is 97.0 cm³/mol. The molecule has 1 heterocycles. The molecule has 0 unspecified atom stereocenters. The lowest BCUT2D eigenvalue weighted by Gasteiger charge is -2.36. The number of hydrogen-bond acceptors (Lipinski definition) is 4. The van der Waals surface area contributed by atoms with Crippen molar-refractivity contribution in [2.24, 2.45) is 0 Å². The minimum absolute atomic E-state index is 0.0336. The second-order valence-corrected chi connectivity index (χ2v) is 6.38. The maximum atomic E-state index is 12.4. The van der Waals surface area contributed by atoms with Gasteiger partial charge in [-0.25, -0.2) is 0 Å². The summed E-state index contributed by atoms with van der Waals surface area (Å²) in [5.74, 6) is 0.0413. The third kappa shape index (κ3) is 4.28. The lowest BCUT2D eigenvalue weighted by molar-refractivity contribution is -0.384. The molecule has 7 heteroatoms. The van der Waals surface area contributed by atoms with E-state index < -0.39 is 4.92 Å². The first-order chi connectivity index (χ1) is 12.0. The molecule has 1 aliphatic heterocycles. The predicted octanol–water partition coefficient (Wildman–Crippen LogP) is 3.14. The summed E-state index contributed by atoms with van der Waals surface area (Å²) < 4.78 is 0. The van der Waals surface area contributed by atoms with E-state index in [2.05, 4.69) is 4.90 Å². The molecule has 0 spiro atoms. The number of benzene rings is 2. The number of anilines is 1. The van der Waals surface area contributed by atoms with Crippen LogP contribution in [-0.4, -0.2) is 41.9 Å². The zero-order valence-corrected chi connectivity index (χ0v) is 14.4. The minimum atomic E-state index is -0.444. The third-order valence-electron chi connectivity index (χ3n) is 4.31. The fraction of sp³-hybridized carbons (Fsp3) is 0.278. The SMILES string of the molecule is O=C(Cc1ccc([N+](=O)[O-])cc1)N1CCN(c2cccc(Cl)c2)CC1. The zero-order valence-electron chi connectivity index (χ0n) is 13.6. The summed E-state index contributed by atoms with van der Waals surface area (Å²) in [6.45, 7) is 2.81. The molecule has 0 radical (unpaired) electrons. The van der Waals surface area contributed by atoms with Crippen molar-refractivity contribution in [2.75, 3.05) is 31.1 Å². The Morgan fingerprint density at radius 1 is 1.08 bits per heavy atom. The number of nitrogens with zero attached hydrogens (tertiary/aromatic N) is 3. The highest BCUT2D eigenvalue weighted by Gasteiger charge is 2.21. The summed E-state index contributed by atoms with van der Waals surface area (Å²) in [6.07, 6.45) is 0.259. The van der Waals surface area contributed by atoms with Crippen molar-refractivity contribution in [3.8, 4) is 0 Å². The number of nitro groups is 1. The van der Waals surface area contributed by atoms with Gasteiger partial charge in [-0.1, -0.05) is 29.8 Å². The van der Waals surface area contributed by atoms with E-state index in [1.165, 1.54) is 12.1 Å². The summed E-state index contributed by atoms with van der Waals surface area (Å²) in [6, 6.07) is 13.8. The number of hydrogen-bond donors (Lipinski definition) is 0. The molecule has 3 rings (SSSR count). The van der Waals surface area contributed by atoms with Crippen LogP contribution in [-0.2, 0) is 11.2 Å². The van der Waals surface area contributed by atoms with Crippen LogP contribution >= 0.6 is 11.6 Å². The van der Waals surface area contributed by atoms with Gasteiger partial charge in [0.2, 0.25) is 5.91 Å². The average molecular weight is 360 g/mol. The smallest absolute Gasteiger partial charge is 0.269 e. The van der Waals surface area contributed by atoms with Crippen LogP contribution in [0.15, 0.2) is 48.5 Å². The van der Waals surface area contributed by atoms with Gasteiger partial charge in [-0.3, -0.25) is 14.9 Å². The lowest BCUT2D eigenvalue weighted by atomic mass is 10.1. The van der Waals surface area contributed by atoms with Crippen molar-refractivity contribution in [3.05, 3.63) is 69.2 Å². The standard InChI is InChI=1S/C18H18ClN3O3/c19-15-2-1-3-17(13-15)20-8-10-21(11-9-20)18(23)12-14-4-6-16(7-5-14)22(24)25/h1-7,13H,8-12H2. The maximum Gasteiger partial charge on any atom is 0.269 e. The quantitative estimate of drug-likeness (QED) is 0.621. The van der Waals surface area contributed by atoms with Crippen LogP contribution in [0.4, 0.5) is 11.4 Å². The highest BCUT2D eigenvalue weighted by molar-refractivity contribution is 6.30. The molecular weight excluding hydrogens is 342 g/mol. The highest BCUT2D eigenvalue weighted by Crippen LogP contribution is 2.21. The van der Waals surface area contributed by atoms with Gasteiger partial charge in [0.1, 0.15) is 0 Å². The molecular formula is C18H18ClN3O3. The second kappa shape index (κ2) is 7.53. The maximum absolute atomic E-state index is 12.4. The molecule has 0 aliphatic carbocycles. The summed E-state index contributed by atoms with van der Waals surface area (Å²) >= 11 is 6.03. The van der Waals surface area contributed by atoms with E-state index in [4.69, 9.17) is 11.6 Å². The molecule has 0 aromatic heterocycles. The monoisotopic (exact) mass is 359 g/mol. The topological polar surface area (TPSA) is 66.7 Å². The number of piperazine rings is 1. The van der Waals surface area contributed by atoms with E-state index in [1.54, 1.807) is 12.1 Å². The molecule has 1 fully saturated rings. The van der Waals surface area contributed by atoms with Crippen LogP contribution in [0.3, 0.4) is 0 Å². The van der Waals surface area contributed by atoms with Crippen molar-refractivity contribution >= 4 is 28.9 Å². The molecule has 0 atom stereocenters. The molecule has 0 N–H and O–H groups in total. The largest absolute Gasteiger partial charge is 0.368 e. The van der Waals surface area contributed by atoms with Gasteiger partial charge in [-0.2, -0.15) is 0 Å². The van der Waals surface area contributed by atoms with E-state index in [0.717, 1.165) is 24.3 Å². The first kappa shape index (κ1) is 17.2. The molecule has 1 aliphatic rings. The third-order valence-corrected chi connectivity index (χ3v) is 4.54. The van der Waals surface area contributed by atoms with E-state index in [0.29, 0.717) is 18.1 Å². The summed E-state index contributed by atoms with van der Waals surface area (Å²) in [4.78, 5) is 26.7. The molecule has 2 aromatic carbocycles. The van der Waals surface area contributed by atoms with Crippen LogP contribution in [0.25, 0.3) is 0 Å². The molecule has 0 saturated carbocycles. The highest BCUT2D eigenvalue weighted by atomic mass is 35.5. The number of rotatable bonds is 4. The van der Waals surface area contributed by atoms with Gasteiger partial charge in [0, 0.05) is 49.0 Å². The normalized spacial score (nSPS) is 14.4. The first-order valence-corrected chi connectivity index (χ1v) is 8.42. The van der Waals surface area contributed by atoms with Gasteiger partial charge in [0.25, 0.3) is 5.69 Å². The van der Waals surface area contributed by atoms with Gasteiger partial charge >= 0.3 is 0 Å². The fourth-order valence-electron chi connectivity index (χ4n) is 2.91. The lowest BCUT2D eigenvalue weighted by Crippen LogP contribution is -2.49. The van der Waals surface area contributed by atoms with Gasteiger partial charge in [-0.05, 0) is 23.8 Å². The zero-order chi connectivity index (χ0) is 17.8. The molecule has 0 bridgehead atoms. The van der Waals surface area contributed by atoms with Crippen molar-refractivity contribution in [2.45, 2.75) is 6.42 Å². The Bertz CT molecular complexity index is 771. The number of carbonyl (C=O) groups excluding carboxylic acids is 1. The van der Waals surface area contributed by atoms with E-state index in [9.17, 15) is 14.9 Å². The van der Waals surface area contributed by atoms with Crippen LogP contribution in [0.1, 0.15) is 5.56 Å². The van der Waals surface area contributed by atoms with Crippen LogP contribution in [0, 0.1) is 10.1 Å². The Morgan fingerprint density at radius 3 is 2.36 bits per heavy atom. The van der Waals surface area contributed by atoms with Gasteiger partial charge in [0.05, 0.1) is 11.3 Å². The van der Waals surface area contributed by atoms with Crippen molar-refractivity contribution in [1.82, 2.24) is 4.90 Å². The number of nitro benzene ring substituents is 1. The molecule has 1 saturated heterocycles. The average Bonchev–Trinajstić information content (AvgIpc) is 2.62. The van der Waals surface area contributed by atoms with Crippen LogP contribution in [0.2, 0.25) is 5.02 Å². The van der Waals surface area contributed by atoms with Gasteiger partial charge in [0.15, 0.2) is 0 Å².